The summed E-state index contributed by atoms with van der Waals surface area (Å²) in [6.07, 6.45) is -0.410. The molecular weight excluding hydrogens is 296 g/mol. The zero-order chi connectivity index (χ0) is 16.0. The van der Waals surface area contributed by atoms with Crippen LogP contribution < -0.4 is 9.47 Å². The number of carbonyl (C=O) groups is 1. The summed E-state index contributed by atoms with van der Waals surface area (Å²) in [6.45, 7) is 5.98. The van der Waals surface area contributed by atoms with Crippen molar-refractivity contribution >= 4 is 17.6 Å². The zero-order valence-corrected chi connectivity index (χ0v) is 13.1. The van der Waals surface area contributed by atoms with Crippen LogP contribution in [0.1, 0.15) is 25.0 Å². The molecule has 0 aliphatic rings. The van der Waals surface area contributed by atoms with E-state index in [-0.39, 0.29) is 10.6 Å². The van der Waals surface area contributed by atoms with E-state index in [1.165, 1.54) is 20.3 Å². The molecule has 0 saturated carbocycles. The van der Waals surface area contributed by atoms with Crippen LogP contribution in [0.3, 0.4) is 0 Å². The first kappa shape index (κ1) is 17.3. The molecule has 0 spiro atoms. The molecule has 0 saturated heterocycles. The van der Waals surface area contributed by atoms with Crippen molar-refractivity contribution in [2.24, 2.45) is 0 Å². The standard InChI is InChI=1S/C15H19ClO5/c1-5-6-21-14-11(16)7-10(8-12(14)19-3)13(17)9(2)15(18)20-4/h7-8,13,17H,2,5-6H2,1,3-4H3. The highest BCUT2D eigenvalue weighted by Gasteiger charge is 2.22. The number of esters is 1. The van der Waals surface area contributed by atoms with Crippen LogP contribution in [0.5, 0.6) is 11.5 Å². The minimum Gasteiger partial charge on any atom is -0.493 e. The van der Waals surface area contributed by atoms with Crippen LogP contribution in [0.15, 0.2) is 24.3 Å². The average molecular weight is 315 g/mol. The Morgan fingerprint density at radius 3 is 2.62 bits per heavy atom. The lowest BCUT2D eigenvalue weighted by Gasteiger charge is -2.17. The molecule has 0 aromatic heterocycles. The third kappa shape index (κ3) is 4.12. The summed E-state index contributed by atoms with van der Waals surface area (Å²) in [4.78, 5) is 11.4. The second-order valence-corrected chi connectivity index (χ2v) is 4.71. The monoisotopic (exact) mass is 314 g/mol. The second kappa shape index (κ2) is 7.90. The van der Waals surface area contributed by atoms with Crippen molar-refractivity contribution in [3.05, 3.63) is 34.9 Å². The van der Waals surface area contributed by atoms with Gasteiger partial charge in [-0.25, -0.2) is 4.79 Å². The van der Waals surface area contributed by atoms with E-state index in [1.54, 1.807) is 6.07 Å². The Balaban J connectivity index is 3.13. The molecule has 0 heterocycles. The Labute approximate surface area is 129 Å². The molecule has 1 aromatic rings. The highest BCUT2D eigenvalue weighted by Crippen LogP contribution is 2.39. The Morgan fingerprint density at radius 2 is 2.10 bits per heavy atom. The van der Waals surface area contributed by atoms with Gasteiger partial charge in [-0.05, 0) is 24.1 Å². The molecule has 116 valence electrons. The first-order chi connectivity index (χ1) is 9.96. The molecule has 0 aliphatic carbocycles. The molecule has 5 nitrogen and oxygen atoms in total. The quantitative estimate of drug-likeness (QED) is 0.619. The van der Waals surface area contributed by atoms with Gasteiger partial charge >= 0.3 is 5.97 Å². The van der Waals surface area contributed by atoms with Crippen molar-refractivity contribution in [3.8, 4) is 11.5 Å². The largest absolute Gasteiger partial charge is 0.493 e. The summed E-state index contributed by atoms with van der Waals surface area (Å²) in [5.74, 6) is 0.0900. The van der Waals surface area contributed by atoms with Crippen LogP contribution in [-0.2, 0) is 9.53 Å². The first-order valence-electron chi connectivity index (χ1n) is 6.41. The van der Waals surface area contributed by atoms with Crippen molar-refractivity contribution in [3.63, 3.8) is 0 Å². The lowest BCUT2D eigenvalue weighted by Crippen LogP contribution is -2.12. The second-order valence-electron chi connectivity index (χ2n) is 4.30. The number of methoxy groups -OCH3 is 2. The van der Waals surface area contributed by atoms with Crippen LogP contribution in [0.25, 0.3) is 0 Å². The van der Waals surface area contributed by atoms with Crippen molar-refractivity contribution in [1.82, 2.24) is 0 Å². The van der Waals surface area contributed by atoms with Crippen molar-refractivity contribution in [1.29, 1.82) is 0 Å². The number of benzene rings is 1. The van der Waals surface area contributed by atoms with Crippen molar-refractivity contribution in [2.75, 3.05) is 20.8 Å². The molecule has 0 aliphatic heterocycles. The lowest BCUT2D eigenvalue weighted by molar-refractivity contribution is -0.137. The number of halogens is 1. The molecule has 0 bridgehead atoms. The number of hydrogen-bond donors (Lipinski definition) is 1. The summed E-state index contributed by atoms with van der Waals surface area (Å²) in [5.41, 5.74) is 0.286. The van der Waals surface area contributed by atoms with Gasteiger partial charge in [0.05, 0.1) is 31.4 Å². The molecule has 1 atom stereocenters. The van der Waals surface area contributed by atoms with Gasteiger partial charge in [-0.2, -0.15) is 0 Å². The van der Waals surface area contributed by atoms with E-state index < -0.39 is 12.1 Å². The minimum atomic E-state index is -1.23. The SMILES string of the molecule is C=C(C(=O)OC)C(O)c1cc(Cl)c(OCCC)c(OC)c1. The van der Waals surface area contributed by atoms with Gasteiger partial charge in [-0.15, -0.1) is 0 Å². The normalized spacial score (nSPS) is 11.7. The van der Waals surface area contributed by atoms with Crippen molar-refractivity contribution in [2.45, 2.75) is 19.4 Å². The van der Waals surface area contributed by atoms with Gasteiger partial charge in [-0.3, -0.25) is 0 Å². The molecule has 1 unspecified atom stereocenters. The number of aliphatic hydroxyl groups excluding tert-OH is 1. The highest BCUT2D eigenvalue weighted by molar-refractivity contribution is 6.32. The Morgan fingerprint density at radius 1 is 1.43 bits per heavy atom. The predicted octanol–water partition coefficient (Wildman–Crippen LogP) is 2.90. The number of aliphatic hydroxyl groups is 1. The number of rotatable bonds is 7. The lowest BCUT2D eigenvalue weighted by atomic mass is 10.0. The molecule has 1 aromatic carbocycles. The summed E-state index contributed by atoms with van der Waals surface area (Å²) >= 11 is 6.15. The molecule has 0 fully saturated rings. The molecule has 21 heavy (non-hydrogen) atoms. The number of ether oxygens (including phenoxy) is 3. The zero-order valence-electron chi connectivity index (χ0n) is 12.3. The molecule has 6 heteroatoms. The maximum Gasteiger partial charge on any atom is 0.336 e. The summed E-state index contributed by atoms with van der Waals surface area (Å²) < 4.78 is 15.3. The van der Waals surface area contributed by atoms with E-state index in [9.17, 15) is 9.90 Å². The molecule has 0 amide bonds. The fourth-order valence-corrected chi connectivity index (χ4v) is 1.96. The van der Waals surface area contributed by atoms with E-state index in [1.807, 2.05) is 6.92 Å². The molecule has 1 rings (SSSR count). The van der Waals surface area contributed by atoms with Gasteiger partial charge in [0.1, 0.15) is 6.10 Å². The Kier molecular flexibility index (Phi) is 6.52. The fourth-order valence-electron chi connectivity index (χ4n) is 1.69. The van der Waals surface area contributed by atoms with Crippen LogP contribution >= 0.6 is 11.6 Å². The summed E-state index contributed by atoms with van der Waals surface area (Å²) in [7, 11) is 2.69. The van der Waals surface area contributed by atoms with E-state index in [4.69, 9.17) is 21.1 Å². The maximum absolute atomic E-state index is 11.4. The van der Waals surface area contributed by atoms with E-state index in [0.717, 1.165) is 6.42 Å². The number of carbonyl (C=O) groups excluding carboxylic acids is 1. The number of hydrogen-bond acceptors (Lipinski definition) is 5. The van der Waals surface area contributed by atoms with Crippen LogP contribution in [0, 0.1) is 0 Å². The van der Waals surface area contributed by atoms with Crippen LogP contribution in [0.2, 0.25) is 5.02 Å². The van der Waals surface area contributed by atoms with Gasteiger partial charge in [0.25, 0.3) is 0 Å². The van der Waals surface area contributed by atoms with E-state index in [2.05, 4.69) is 11.3 Å². The Bertz CT molecular complexity index is 527. The molecular formula is C15H19ClO5. The van der Waals surface area contributed by atoms with Crippen LogP contribution in [-0.4, -0.2) is 31.9 Å². The summed E-state index contributed by atoms with van der Waals surface area (Å²) in [5, 5.41) is 10.4. The highest BCUT2D eigenvalue weighted by atomic mass is 35.5. The van der Waals surface area contributed by atoms with Crippen molar-refractivity contribution < 1.29 is 24.1 Å². The molecule has 0 radical (unpaired) electrons. The summed E-state index contributed by atoms with van der Waals surface area (Å²) in [6, 6.07) is 3.06. The van der Waals surface area contributed by atoms with Gasteiger partial charge in [0.2, 0.25) is 0 Å². The maximum atomic E-state index is 11.4. The first-order valence-corrected chi connectivity index (χ1v) is 6.79. The van der Waals surface area contributed by atoms with E-state index >= 15 is 0 Å². The third-order valence-electron chi connectivity index (χ3n) is 2.80. The van der Waals surface area contributed by atoms with Gasteiger partial charge in [0, 0.05) is 0 Å². The predicted molar refractivity (Wildman–Crippen MR) is 79.9 cm³/mol. The fraction of sp³-hybridized carbons (Fsp3) is 0.400. The topological polar surface area (TPSA) is 65.0 Å². The van der Waals surface area contributed by atoms with Gasteiger partial charge in [0.15, 0.2) is 11.5 Å². The van der Waals surface area contributed by atoms with Gasteiger partial charge in [-0.1, -0.05) is 25.1 Å². The van der Waals surface area contributed by atoms with E-state index in [0.29, 0.717) is 23.7 Å². The van der Waals surface area contributed by atoms with Crippen LogP contribution in [0.4, 0.5) is 0 Å². The smallest absolute Gasteiger partial charge is 0.336 e. The third-order valence-corrected chi connectivity index (χ3v) is 3.08. The minimum absolute atomic E-state index is 0.0853. The Hall–Kier alpha value is -1.72. The molecule has 1 N–H and O–H groups in total. The van der Waals surface area contributed by atoms with Gasteiger partial charge < -0.3 is 19.3 Å². The average Bonchev–Trinajstić information content (AvgIpc) is 2.50.